The van der Waals surface area contributed by atoms with Gasteiger partial charge in [0, 0.05) is 25.6 Å². The van der Waals surface area contributed by atoms with Gasteiger partial charge in [0.2, 0.25) is 11.8 Å². The van der Waals surface area contributed by atoms with Crippen molar-refractivity contribution < 1.29 is 18.7 Å². The fraction of sp³-hybridized carbons (Fsp3) is 0.391. The number of amides is 2. The largest absolute Gasteiger partial charge is 0.494 e. The van der Waals surface area contributed by atoms with Crippen LogP contribution in [0, 0.1) is 5.82 Å². The van der Waals surface area contributed by atoms with Gasteiger partial charge in [0.05, 0.1) is 13.0 Å². The van der Waals surface area contributed by atoms with E-state index in [1.165, 1.54) is 12.1 Å². The molecule has 1 heterocycles. The number of carbonyl (C=O) groups excluding carboxylic acids is 2. The first-order valence-corrected chi connectivity index (χ1v) is 10.1. The van der Waals surface area contributed by atoms with Crippen LogP contribution < -0.4 is 10.1 Å². The first-order valence-electron chi connectivity index (χ1n) is 10.1. The zero-order valence-electron chi connectivity index (χ0n) is 16.5. The molecule has 0 aliphatic carbocycles. The van der Waals surface area contributed by atoms with E-state index in [9.17, 15) is 14.0 Å². The van der Waals surface area contributed by atoms with E-state index in [4.69, 9.17) is 4.74 Å². The number of hydrogen-bond acceptors (Lipinski definition) is 3. The van der Waals surface area contributed by atoms with Crippen molar-refractivity contribution in [2.24, 2.45) is 0 Å². The molecule has 1 fully saturated rings. The predicted molar refractivity (Wildman–Crippen MR) is 109 cm³/mol. The second-order valence-electron chi connectivity index (χ2n) is 7.29. The second kappa shape index (κ2) is 10.6. The molecule has 0 radical (unpaired) electrons. The Morgan fingerprint density at radius 2 is 1.72 bits per heavy atom. The highest BCUT2D eigenvalue weighted by Crippen LogP contribution is 2.14. The molecular formula is C23H27FN2O3. The van der Waals surface area contributed by atoms with E-state index >= 15 is 0 Å². The van der Waals surface area contributed by atoms with E-state index in [2.05, 4.69) is 5.32 Å². The van der Waals surface area contributed by atoms with Crippen LogP contribution in [0.3, 0.4) is 0 Å². The molecule has 3 rings (SSSR count). The number of ether oxygens (including phenoxy) is 1. The van der Waals surface area contributed by atoms with Gasteiger partial charge in [-0.1, -0.05) is 30.3 Å². The minimum atomic E-state index is -0.301. The van der Waals surface area contributed by atoms with Crippen LogP contribution in [0.4, 0.5) is 4.39 Å². The molecule has 2 aromatic carbocycles. The summed E-state index contributed by atoms with van der Waals surface area (Å²) < 4.78 is 18.6. The molecule has 0 bridgehead atoms. The average molecular weight is 398 g/mol. The molecule has 0 atom stereocenters. The van der Waals surface area contributed by atoms with Gasteiger partial charge in [0.1, 0.15) is 11.6 Å². The number of piperidine rings is 1. The third-order valence-corrected chi connectivity index (χ3v) is 5.04. The van der Waals surface area contributed by atoms with Crippen molar-refractivity contribution >= 4 is 11.8 Å². The molecule has 1 aliphatic rings. The number of nitrogens with one attached hydrogen (secondary N) is 1. The number of halogens is 1. The molecule has 2 amide bonds. The van der Waals surface area contributed by atoms with Crippen LogP contribution in [0.1, 0.15) is 31.2 Å². The van der Waals surface area contributed by atoms with Crippen LogP contribution in [0.2, 0.25) is 0 Å². The minimum Gasteiger partial charge on any atom is -0.494 e. The molecule has 6 heteroatoms. The van der Waals surface area contributed by atoms with Gasteiger partial charge < -0.3 is 15.0 Å². The number of hydrogen-bond donors (Lipinski definition) is 1. The molecule has 29 heavy (non-hydrogen) atoms. The predicted octanol–water partition coefficient (Wildman–Crippen LogP) is 3.33. The summed E-state index contributed by atoms with van der Waals surface area (Å²) in [5, 5.41) is 3.06. The summed E-state index contributed by atoms with van der Waals surface area (Å²) in [6.45, 7) is 1.76. The number of carbonyl (C=O) groups is 2. The third kappa shape index (κ3) is 6.89. The lowest BCUT2D eigenvalue weighted by molar-refractivity contribution is -0.131. The third-order valence-electron chi connectivity index (χ3n) is 5.04. The van der Waals surface area contributed by atoms with Crippen LogP contribution in [-0.2, 0) is 16.0 Å². The lowest BCUT2D eigenvalue weighted by Crippen LogP contribution is -2.47. The highest BCUT2D eigenvalue weighted by Gasteiger charge is 2.23. The monoisotopic (exact) mass is 398 g/mol. The average Bonchev–Trinajstić information content (AvgIpc) is 2.74. The first-order chi connectivity index (χ1) is 14.1. The lowest BCUT2D eigenvalue weighted by atomic mass is 10.0. The molecule has 0 saturated carbocycles. The van der Waals surface area contributed by atoms with Gasteiger partial charge in [-0.2, -0.15) is 0 Å². The number of para-hydroxylation sites is 1. The highest BCUT2D eigenvalue weighted by atomic mass is 19.1. The summed E-state index contributed by atoms with van der Waals surface area (Å²) in [7, 11) is 0. The van der Waals surface area contributed by atoms with Gasteiger partial charge in [-0.15, -0.1) is 0 Å². The Bertz CT molecular complexity index is 788. The van der Waals surface area contributed by atoms with Crippen LogP contribution in [0.15, 0.2) is 54.6 Å². The molecule has 0 unspecified atom stereocenters. The molecule has 1 saturated heterocycles. The number of rotatable bonds is 8. The van der Waals surface area contributed by atoms with E-state index < -0.39 is 0 Å². The summed E-state index contributed by atoms with van der Waals surface area (Å²) in [4.78, 5) is 26.4. The van der Waals surface area contributed by atoms with Crippen LogP contribution in [0.5, 0.6) is 5.75 Å². The summed E-state index contributed by atoms with van der Waals surface area (Å²) >= 11 is 0. The van der Waals surface area contributed by atoms with E-state index in [0.717, 1.165) is 24.2 Å². The molecule has 1 N–H and O–H groups in total. The van der Waals surface area contributed by atoms with Gasteiger partial charge in [0.15, 0.2) is 0 Å². The maximum Gasteiger partial charge on any atom is 0.226 e. The van der Waals surface area contributed by atoms with Crippen molar-refractivity contribution in [3.63, 3.8) is 0 Å². The maximum atomic E-state index is 13.0. The SMILES string of the molecule is O=C(CCCOc1ccccc1)NC1CCN(C(=O)Cc2ccc(F)cc2)CC1. The molecule has 1 aliphatic heterocycles. The minimum absolute atomic E-state index is 0.0257. The Hall–Kier alpha value is -2.89. The van der Waals surface area contributed by atoms with Gasteiger partial charge in [-0.25, -0.2) is 4.39 Å². The zero-order valence-corrected chi connectivity index (χ0v) is 16.5. The molecule has 154 valence electrons. The Kier molecular flexibility index (Phi) is 7.61. The summed E-state index contributed by atoms with van der Waals surface area (Å²) in [5.74, 6) is 0.576. The number of nitrogens with zero attached hydrogens (tertiary/aromatic N) is 1. The lowest BCUT2D eigenvalue weighted by Gasteiger charge is -2.32. The van der Waals surface area contributed by atoms with Crippen molar-refractivity contribution in [1.82, 2.24) is 10.2 Å². The molecule has 0 spiro atoms. The van der Waals surface area contributed by atoms with Crippen LogP contribution in [-0.4, -0.2) is 42.5 Å². The summed E-state index contributed by atoms with van der Waals surface area (Å²) in [6, 6.07) is 15.7. The van der Waals surface area contributed by atoms with Crippen LogP contribution in [0.25, 0.3) is 0 Å². The molecule has 2 aromatic rings. The van der Waals surface area contributed by atoms with Crippen LogP contribution >= 0.6 is 0 Å². The fourth-order valence-electron chi connectivity index (χ4n) is 3.40. The fourth-order valence-corrected chi connectivity index (χ4v) is 3.40. The normalized spacial score (nSPS) is 14.4. The topological polar surface area (TPSA) is 58.6 Å². The maximum absolute atomic E-state index is 13.0. The number of likely N-dealkylation sites (tertiary alicyclic amines) is 1. The van der Waals surface area contributed by atoms with Crippen molar-refractivity contribution in [3.8, 4) is 5.75 Å². The molecule has 0 aromatic heterocycles. The summed E-state index contributed by atoms with van der Waals surface area (Å²) in [6.07, 6.45) is 2.87. The van der Waals surface area contributed by atoms with Gasteiger partial charge in [0.25, 0.3) is 0 Å². The van der Waals surface area contributed by atoms with Crippen molar-refractivity contribution in [2.75, 3.05) is 19.7 Å². The quantitative estimate of drug-likeness (QED) is 0.694. The Labute approximate surface area is 170 Å². The van der Waals surface area contributed by atoms with Crippen molar-refractivity contribution in [2.45, 2.75) is 38.1 Å². The first kappa shape index (κ1) is 20.8. The van der Waals surface area contributed by atoms with Crippen molar-refractivity contribution in [3.05, 3.63) is 66.0 Å². The van der Waals surface area contributed by atoms with E-state index in [-0.39, 0.29) is 30.1 Å². The zero-order chi connectivity index (χ0) is 20.5. The van der Waals surface area contributed by atoms with E-state index in [0.29, 0.717) is 32.5 Å². The Morgan fingerprint density at radius 3 is 2.41 bits per heavy atom. The van der Waals surface area contributed by atoms with Gasteiger partial charge in [-0.3, -0.25) is 9.59 Å². The Balaban J connectivity index is 1.31. The smallest absolute Gasteiger partial charge is 0.226 e. The highest BCUT2D eigenvalue weighted by molar-refractivity contribution is 5.79. The van der Waals surface area contributed by atoms with Crippen molar-refractivity contribution in [1.29, 1.82) is 0 Å². The number of benzene rings is 2. The van der Waals surface area contributed by atoms with Gasteiger partial charge >= 0.3 is 0 Å². The second-order valence-corrected chi connectivity index (χ2v) is 7.29. The van der Waals surface area contributed by atoms with Gasteiger partial charge in [-0.05, 0) is 49.1 Å². The van der Waals surface area contributed by atoms with E-state index in [1.807, 2.05) is 35.2 Å². The summed E-state index contributed by atoms with van der Waals surface area (Å²) in [5.41, 5.74) is 0.810. The molecule has 5 nitrogen and oxygen atoms in total. The Morgan fingerprint density at radius 1 is 1.03 bits per heavy atom. The molecular weight excluding hydrogens is 371 g/mol. The van der Waals surface area contributed by atoms with E-state index in [1.54, 1.807) is 12.1 Å². The standard InChI is InChI=1S/C23H27FN2O3/c24-19-10-8-18(9-11-19)17-23(28)26-14-12-20(13-15-26)25-22(27)7-4-16-29-21-5-2-1-3-6-21/h1-3,5-6,8-11,20H,4,7,12-17H2,(H,25,27).